The highest BCUT2D eigenvalue weighted by molar-refractivity contribution is 5.61. The SMILES string of the molecule is c1c[nH]c(CNc2ccc(-c3cnc[nH]3)cc2)n1. The van der Waals surface area contributed by atoms with Crippen molar-refractivity contribution in [1.82, 2.24) is 19.9 Å². The minimum Gasteiger partial charge on any atom is -0.378 e. The fourth-order valence-corrected chi connectivity index (χ4v) is 1.76. The summed E-state index contributed by atoms with van der Waals surface area (Å²) < 4.78 is 0. The molecule has 0 spiro atoms. The molecule has 0 unspecified atom stereocenters. The third-order valence-electron chi connectivity index (χ3n) is 2.71. The third-order valence-corrected chi connectivity index (χ3v) is 2.71. The molecule has 0 saturated heterocycles. The van der Waals surface area contributed by atoms with E-state index >= 15 is 0 Å². The lowest BCUT2D eigenvalue weighted by molar-refractivity contribution is 1.00. The second-order valence-corrected chi connectivity index (χ2v) is 3.93. The number of imidazole rings is 2. The van der Waals surface area contributed by atoms with Crippen molar-refractivity contribution in [3.63, 3.8) is 0 Å². The number of aromatic nitrogens is 4. The molecule has 3 rings (SSSR count). The second kappa shape index (κ2) is 4.75. The number of H-pyrrole nitrogens is 2. The minimum absolute atomic E-state index is 0.691. The van der Waals surface area contributed by atoms with Crippen LogP contribution in [-0.2, 0) is 6.54 Å². The van der Waals surface area contributed by atoms with E-state index in [-0.39, 0.29) is 0 Å². The smallest absolute Gasteiger partial charge is 0.125 e. The molecule has 3 N–H and O–H groups in total. The molecule has 0 amide bonds. The molecule has 3 aromatic rings. The van der Waals surface area contributed by atoms with Gasteiger partial charge in [0.1, 0.15) is 5.82 Å². The maximum Gasteiger partial charge on any atom is 0.125 e. The Morgan fingerprint density at radius 1 is 1.11 bits per heavy atom. The van der Waals surface area contributed by atoms with Crippen LogP contribution in [0, 0.1) is 0 Å². The Hall–Kier alpha value is -2.56. The fraction of sp³-hybridized carbons (Fsp3) is 0.0769. The lowest BCUT2D eigenvalue weighted by Crippen LogP contribution is -2.00. The normalized spacial score (nSPS) is 10.4. The van der Waals surface area contributed by atoms with Crippen molar-refractivity contribution in [2.75, 3.05) is 5.32 Å². The highest BCUT2D eigenvalue weighted by atomic mass is 15.0. The zero-order valence-electron chi connectivity index (χ0n) is 9.72. The van der Waals surface area contributed by atoms with Crippen LogP contribution in [0.5, 0.6) is 0 Å². The van der Waals surface area contributed by atoms with E-state index in [0.717, 1.165) is 22.8 Å². The molecule has 0 saturated carbocycles. The lowest BCUT2D eigenvalue weighted by Gasteiger charge is -2.05. The van der Waals surface area contributed by atoms with Gasteiger partial charge in [0.25, 0.3) is 0 Å². The number of rotatable bonds is 4. The van der Waals surface area contributed by atoms with Gasteiger partial charge in [-0.15, -0.1) is 0 Å². The van der Waals surface area contributed by atoms with E-state index in [0.29, 0.717) is 6.54 Å². The molecule has 90 valence electrons. The van der Waals surface area contributed by atoms with Gasteiger partial charge in [-0.25, -0.2) is 9.97 Å². The van der Waals surface area contributed by atoms with Gasteiger partial charge in [0.05, 0.1) is 24.8 Å². The summed E-state index contributed by atoms with van der Waals surface area (Å²) in [6, 6.07) is 8.19. The molecule has 5 heteroatoms. The van der Waals surface area contributed by atoms with Crippen LogP contribution in [0.15, 0.2) is 49.2 Å². The molecule has 1 aromatic carbocycles. The summed E-state index contributed by atoms with van der Waals surface area (Å²) in [4.78, 5) is 14.3. The first-order valence-electron chi connectivity index (χ1n) is 5.73. The summed E-state index contributed by atoms with van der Waals surface area (Å²) in [5, 5.41) is 3.30. The summed E-state index contributed by atoms with van der Waals surface area (Å²) in [7, 11) is 0. The molecular formula is C13H13N5. The van der Waals surface area contributed by atoms with E-state index in [2.05, 4.69) is 37.4 Å². The molecule has 5 nitrogen and oxygen atoms in total. The van der Waals surface area contributed by atoms with Crippen molar-refractivity contribution in [3.8, 4) is 11.3 Å². The topological polar surface area (TPSA) is 69.4 Å². The van der Waals surface area contributed by atoms with Crippen LogP contribution in [0.25, 0.3) is 11.3 Å². The van der Waals surface area contributed by atoms with Crippen LogP contribution in [0.3, 0.4) is 0 Å². The zero-order valence-corrected chi connectivity index (χ0v) is 9.72. The summed E-state index contributed by atoms with van der Waals surface area (Å²) in [6.07, 6.45) is 7.06. The monoisotopic (exact) mass is 239 g/mol. The first-order chi connectivity index (χ1) is 8.92. The lowest BCUT2D eigenvalue weighted by atomic mass is 10.1. The first kappa shape index (κ1) is 10.6. The summed E-state index contributed by atoms with van der Waals surface area (Å²) in [5.41, 5.74) is 3.21. The molecule has 0 aliphatic carbocycles. The van der Waals surface area contributed by atoms with Gasteiger partial charge in [-0.1, -0.05) is 12.1 Å². The fourth-order valence-electron chi connectivity index (χ4n) is 1.76. The van der Waals surface area contributed by atoms with E-state index in [1.54, 1.807) is 12.5 Å². The van der Waals surface area contributed by atoms with Crippen molar-refractivity contribution in [3.05, 3.63) is 55.0 Å². The van der Waals surface area contributed by atoms with E-state index in [1.165, 1.54) is 0 Å². The summed E-state index contributed by atoms with van der Waals surface area (Å²) >= 11 is 0. The van der Waals surface area contributed by atoms with Crippen LogP contribution in [-0.4, -0.2) is 19.9 Å². The molecule has 0 radical (unpaired) electrons. The van der Waals surface area contributed by atoms with Crippen LogP contribution in [0.1, 0.15) is 5.82 Å². The highest BCUT2D eigenvalue weighted by Gasteiger charge is 1.99. The average molecular weight is 239 g/mol. The second-order valence-electron chi connectivity index (χ2n) is 3.93. The van der Waals surface area contributed by atoms with E-state index < -0.39 is 0 Å². The van der Waals surface area contributed by atoms with Gasteiger partial charge in [-0.2, -0.15) is 0 Å². The number of hydrogen-bond donors (Lipinski definition) is 3. The van der Waals surface area contributed by atoms with Gasteiger partial charge in [0.2, 0.25) is 0 Å². The van der Waals surface area contributed by atoms with E-state index in [9.17, 15) is 0 Å². The van der Waals surface area contributed by atoms with Crippen molar-refractivity contribution < 1.29 is 0 Å². The van der Waals surface area contributed by atoms with E-state index in [1.807, 2.05) is 24.5 Å². The van der Waals surface area contributed by atoms with Crippen LogP contribution >= 0.6 is 0 Å². The standard InChI is InChI=1S/C13H13N5/c1-3-11(17-8-13-15-5-6-16-13)4-2-10(1)12-7-14-9-18-12/h1-7,9,17H,8H2,(H,14,18)(H,15,16). The van der Waals surface area contributed by atoms with Crippen molar-refractivity contribution >= 4 is 5.69 Å². The zero-order chi connectivity index (χ0) is 12.2. The van der Waals surface area contributed by atoms with Gasteiger partial charge in [-0.3, -0.25) is 0 Å². The number of aromatic amines is 2. The Bertz CT molecular complexity index is 581. The first-order valence-corrected chi connectivity index (χ1v) is 5.73. The molecule has 0 aliphatic rings. The van der Waals surface area contributed by atoms with Gasteiger partial charge < -0.3 is 15.3 Å². The number of benzene rings is 1. The Balaban J connectivity index is 1.68. The van der Waals surface area contributed by atoms with Crippen molar-refractivity contribution in [2.45, 2.75) is 6.54 Å². The third kappa shape index (κ3) is 2.24. The molecule has 2 heterocycles. The van der Waals surface area contributed by atoms with Gasteiger partial charge in [0.15, 0.2) is 0 Å². The van der Waals surface area contributed by atoms with Gasteiger partial charge in [-0.05, 0) is 17.7 Å². The maximum absolute atomic E-state index is 4.16. The molecule has 18 heavy (non-hydrogen) atoms. The van der Waals surface area contributed by atoms with Crippen LogP contribution < -0.4 is 5.32 Å². The predicted molar refractivity (Wildman–Crippen MR) is 69.9 cm³/mol. The van der Waals surface area contributed by atoms with Gasteiger partial charge >= 0.3 is 0 Å². The number of anilines is 1. The summed E-state index contributed by atoms with van der Waals surface area (Å²) in [5.74, 6) is 0.924. The molecule has 2 aromatic heterocycles. The Labute approximate surface area is 104 Å². The predicted octanol–water partition coefficient (Wildman–Crippen LogP) is 2.41. The minimum atomic E-state index is 0.691. The largest absolute Gasteiger partial charge is 0.378 e. The molecule has 0 aliphatic heterocycles. The van der Waals surface area contributed by atoms with E-state index in [4.69, 9.17) is 0 Å². The Morgan fingerprint density at radius 3 is 2.67 bits per heavy atom. The van der Waals surface area contributed by atoms with Crippen LogP contribution in [0.4, 0.5) is 5.69 Å². The van der Waals surface area contributed by atoms with Gasteiger partial charge in [0, 0.05) is 18.1 Å². The highest BCUT2D eigenvalue weighted by Crippen LogP contribution is 2.18. The molecule has 0 fully saturated rings. The number of hydrogen-bond acceptors (Lipinski definition) is 3. The summed E-state index contributed by atoms with van der Waals surface area (Å²) in [6.45, 7) is 0.691. The molecule has 0 bridgehead atoms. The quantitative estimate of drug-likeness (QED) is 0.654. The average Bonchev–Trinajstić information content (AvgIpc) is 3.10. The van der Waals surface area contributed by atoms with Crippen LogP contribution in [0.2, 0.25) is 0 Å². The molecular weight excluding hydrogens is 226 g/mol. The number of nitrogens with zero attached hydrogens (tertiary/aromatic N) is 2. The molecule has 0 atom stereocenters. The maximum atomic E-state index is 4.16. The van der Waals surface area contributed by atoms with Crippen molar-refractivity contribution in [2.24, 2.45) is 0 Å². The van der Waals surface area contributed by atoms with Crippen molar-refractivity contribution in [1.29, 1.82) is 0 Å². The Kier molecular flexibility index (Phi) is 2.79. The number of nitrogens with one attached hydrogen (secondary N) is 3. The Morgan fingerprint density at radius 2 is 2.00 bits per heavy atom.